The molecular weight excluding hydrogens is 290 g/mol. The van der Waals surface area contributed by atoms with Gasteiger partial charge in [-0.05, 0) is 33.8 Å². The number of aromatic nitrogens is 2. The SMILES string of the molecule is CCCc1nc(C(N)c2sccc2Br)no1. The van der Waals surface area contributed by atoms with Gasteiger partial charge in [0.05, 0.1) is 0 Å². The van der Waals surface area contributed by atoms with E-state index in [1.54, 1.807) is 11.3 Å². The minimum atomic E-state index is -0.316. The first-order valence-corrected chi connectivity index (χ1v) is 6.70. The predicted octanol–water partition coefficient (Wildman–Crippen LogP) is 2.89. The molecule has 1 atom stereocenters. The Morgan fingerprint density at radius 1 is 1.62 bits per heavy atom. The number of nitrogens with two attached hydrogens (primary N) is 1. The molecule has 0 fully saturated rings. The minimum absolute atomic E-state index is 0.316. The van der Waals surface area contributed by atoms with Crippen LogP contribution in [0.4, 0.5) is 0 Å². The summed E-state index contributed by atoms with van der Waals surface area (Å²) in [6.07, 6.45) is 1.78. The molecule has 2 rings (SSSR count). The first kappa shape index (κ1) is 11.8. The Labute approximate surface area is 106 Å². The molecule has 0 bridgehead atoms. The molecule has 86 valence electrons. The van der Waals surface area contributed by atoms with Crippen molar-refractivity contribution in [1.29, 1.82) is 0 Å². The average molecular weight is 302 g/mol. The number of rotatable bonds is 4. The van der Waals surface area contributed by atoms with Gasteiger partial charge in [0, 0.05) is 15.8 Å². The molecule has 16 heavy (non-hydrogen) atoms. The fourth-order valence-electron chi connectivity index (χ4n) is 1.35. The van der Waals surface area contributed by atoms with Gasteiger partial charge in [0.1, 0.15) is 6.04 Å². The molecule has 0 amide bonds. The lowest BCUT2D eigenvalue weighted by atomic mass is 10.2. The van der Waals surface area contributed by atoms with E-state index in [1.807, 2.05) is 11.4 Å². The fraction of sp³-hybridized carbons (Fsp3) is 0.400. The van der Waals surface area contributed by atoms with Gasteiger partial charge in [-0.25, -0.2) is 0 Å². The normalized spacial score (nSPS) is 12.9. The zero-order valence-electron chi connectivity index (χ0n) is 8.81. The first-order valence-electron chi connectivity index (χ1n) is 5.03. The summed E-state index contributed by atoms with van der Waals surface area (Å²) in [4.78, 5) is 5.30. The van der Waals surface area contributed by atoms with Crippen molar-refractivity contribution in [2.24, 2.45) is 5.73 Å². The molecule has 2 aromatic heterocycles. The zero-order chi connectivity index (χ0) is 11.5. The molecule has 6 heteroatoms. The molecule has 0 saturated heterocycles. The van der Waals surface area contributed by atoms with Crippen LogP contribution in [-0.2, 0) is 6.42 Å². The summed E-state index contributed by atoms with van der Waals surface area (Å²) in [7, 11) is 0. The van der Waals surface area contributed by atoms with Crippen molar-refractivity contribution in [3.05, 3.63) is 32.5 Å². The van der Waals surface area contributed by atoms with Crippen molar-refractivity contribution in [3.8, 4) is 0 Å². The van der Waals surface area contributed by atoms with Crippen LogP contribution < -0.4 is 5.73 Å². The largest absolute Gasteiger partial charge is 0.339 e. The molecule has 0 aromatic carbocycles. The van der Waals surface area contributed by atoms with Crippen molar-refractivity contribution < 1.29 is 4.52 Å². The van der Waals surface area contributed by atoms with E-state index in [1.165, 1.54) is 0 Å². The van der Waals surface area contributed by atoms with Crippen molar-refractivity contribution >= 4 is 27.3 Å². The Bertz CT molecular complexity index is 468. The van der Waals surface area contributed by atoms with Crippen LogP contribution >= 0.6 is 27.3 Å². The van der Waals surface area contributed by atoms with Gasteiger partial charge in [0.25, 0.3) is 0 Å². The van der Waals surface area contributed by atoms with E-state index in [0.717, 1.165) is 22.2 Å². The summed E-state index contributed by atoms with van der Waals surface area (Å²) in [5.74, 6) is 1.20. The van der Waals surface area contributed by atoms with E-state index in [2.05, 4.69) is 33.0 Å². The molecule has 2 N–H and O–H groups in total. The minimum Gasteiger partial charge on any atom is -0.339 e. The smallest absolute Gasteiger partial charge is 0.226 e. The Balaban J connectivity index is 2.20. The Morgan fingerprint density at radius 2 is 2.44 bits per heavy atom. The second-order valence-electron chi connectivity index (χ2n) is 3.41. The molecule has 0 radical (unpaired) electrons. The van der Waals surface area contributed by atoms with Crippen molar-refractivity contribution in [1.82, 2.24) is 10.1 Å². The highest BCUT2D eigenvalue weighted by atomic mass is 79.9. The summed E-state index contributed by atoms with van der Waals surface area (Å²) in [5.41, 5.74) is 6.07. The van der Waals surface area contributed by atoms with E-state index >= 15 is 0 Å². The molecule has 2 aromatic rings. The lowest BCUT2D eigenvalue weighted by molar-refractivity contribution is 0.370. The van der Waals surface area contributed by atoms with Crippen LogP contribution in [0.1, 0.15) is 36.0 Å². The van der Waals surface area contributed by atoms with Crippen molar-refractivity contribution in [2.75, 3.05) is 0 Å². The summed E-state index contributed by atoms with van der Waals surface area (Å²) in [5, 5.41) is 5.89. The molecular formula is C10H12BrN3OS. The number of halogens is 1. The van der Waals surface area contributed by atoms with Crippen LogP contribution in [0.15, 0.2) is 20.4 Å². The molecule has 1 unspecified atom stereocenters. The molecule has 0 aliphatic rings. The van der Waals surface area contributed by atoms with E-state index < -0.39 is 0 Å². The Morgan fingerprint density at radius 3 is 3.06 bits per heavy atom. The lowest BCUT2D eigenvalue weighted by Crippen LogP contribution is -2.12. The van der Waals surface area contributed by atoms with Gasteiger partial charge in [0.2, 0.25) is 5.89 Å². The lowest BCUT2D eigenvalue weighted by Gasteiger charge is -2.04. The summed E-state index contributed by atoms with van der Waals surface area (Å²) in [6.45, 7) is 2.07. The zero-order valence-corrected chi connectivity index (χ0v) is 11.2. The fourth-order valence-corrected chi connectivity index (χ4v) is 2.97. The first-order chi connectivity index (χ1) is 7.72. The predicted molar refractivity (Wildman–Crippen MR) is 66.3 cm³/mol. The second-order valence-corrected chi connectivity index (χ2v) is 5.21. The summed E-state index contributed by atoms with van der Waals surface area (Å²) < 4.78 is 6.10. The van der Waals surface area contributed by atoms with Gasteiger partial charge in [0.15, 0.2) is 5.82 Å². The highest BCUT2D eigenvalue weighted by Crippen LogP contribution is 2.30. The van der Waals surface area contributed by atoms with Crippen LogP contribution in [0.25, 0.3) is 0 Å². The monoisotopic (exact) mass is 301 g/mol. The number of hydrogen-bond acceptors (Lipinski definition) is 5. The van der Waals surface area contributed by atoms with E-state index in [0.29, 0.717) is 11.7 Å². The van der Waals surface area contributed by atoms with Gasteiger partial charge in [-0.1, -0.05) is 12.1 Å². The van der Waals surface area contributed by atoms with Crippen molar-refractivity contribution in [2.45, 2.75) is 25.8 Å². The molecule has 0 aliphatic heterocycles. The highest BCUT2D eigenvalue weighted by molar-refractivity contribution is 9.10. The molecule has 4 nitrogen and oxygen atoms in total. The van der Waals surface area contributed by atoms with Crippen LogP contribution in [0.3, 0.4) is 0 Å². The van der Waals surface area contributed by atoms with Crippen LogP contribution in [0.5, 0.6) is 0 Å². The highest BCUT2D eigenvalue weighted by Gasteiger charge is 2.19. The summed E-state index contributed by atoms with van der Waals surface area (Å²) in [6, 6.07) is 1.65. The average Bonchev–Trinajstić information content (AvgIpc) is 2.87. The van der Waals surface area contributed by atoms with Gasteiger partial charge < -0.3 is 10.3 Å². The number of thiophene rings is 1. The van der Waals surface area contributed by atoms with Crippen LogP contribution in [0.2, 0.25) is 0 Å². The number of nitrogens with zero attached hydrogens (tertiary/aromatic N) is 2. The van der Waals surface area contributed by atoms with Gasteiger partial charge >= 0.3 is 0 Å². The van der Waals surface area contributed by atoms with Gasteiger partial charge in [-0.15, -0.1) is 11.3 Å². The van der Waals surface area contributed by atoms with E-state index in [4.69, 9.17) is 10.3 Å². The molecule has 0 spiro atoms. The standard InChI is InChI=1S/C10H12BrN3OS/c1-2-3-7-13-10(14-15-7)8(12)9-6(11)4-5-16-9/h4-5,8H,2-3,12H2,1H3. The maximum atomic E-state index is 6.07. The van der Waals surface area contributed by atoms with E-state index in [-0.39, 0.29) is 6.04 Å². The summed E-state index contributed by atoms with van der Waals surface area (Å²) >= 11 is 5.03. The number of aryl methyl sites for hydroxylation is 1. The second kappa shape index (κ2) is 5.07. The molecule has 0 saturated carbocycles. The van der Waals surface area contributed by atoms with Crippen molar-refractivity contribution in [3.63, 3.8) is 0 Å². The maximum absolute atomic E-state index is 6.07. The van der Waals surface area contributed by atoms with Crippen LogP contribution in [0, 0.1) is 0 Å². The Kier molecular flexibility index (Phi) is 3.73. The number of hydrogen-bond donors (Lipinski definition) is 1. The quantitative estimate of drug-likeness (QED) is 0.943. The maximum Gasteiger partial charge on any atom is 0.226 e. The van der Waals surface area contributed by atoms with Gasteiger partial charge in [-0.2, -0.15) is 4.98 Å². The van der Waals surface area contributed by atoms with E-state index in [9.17, 15) is 0 Å². The topological polar surface area (TPSA) is 64.9 Å². The molecule has 2 heterocycles. The third kappa shape index (κ3) is 2.34. The Hall–Kier alpha value is -0.720. The molecule has 0 aliphatic carbocycles. The van der Waals surface area contributed by atoms with Gasteiger partial charge in [-0.3, -0.25) is 0 Å². The van der Waals surface area contributed by atoms with Crippen LogP contribution in [-0.4, -0.2) is 10.1 Å². The third-order valence-corrected chi connectivity index (χ3v) is 4.11. The third-order valence-electron chi connectivity index (χ3n) is 2.15.